The number of benzene rings is 3. The molecule has 3 aromatic rings. The summed E-state index contributed by atoms with van der Waals surface area (Å²) < 4.78 is 38.3. The van der Waals surface area contributed by atoms with Gasteiger partial charge in [0, 0.05) is 15.9 Å². The standard InChI is InChI=1S/C23H24N2O5S2/c1-16(25-32(27,28)18-13-14-20(29-2)21(15-18)30-3)23(26)24-19-11-7-8-12-22(19)31-17-9-5-4-6-10-17/h4-16,25H,1-3H3,(H,24,26)/t16-/m0/s1. The molecule has 0 aliphatic heterocycles. The largest absolute Gasteiger partial charge is 0.493 e. The fraction of sp³-hybridized carbons (Fsp3) is 0.174. The van der Waals surface area contributed by atoms with E-state index in [1.165, 1.54) is 51.1 Å². The summed E-state index contributed by atoms with van der Waals surface area (Å²) >= 11 is 1.51. The van der Waals surface area contributed by atoms with Crippen LogP contribution in [0.5, 0.6) is 11.5 Å². The highest BCUT2D eigenvalue weighted by Gasteiger charge is 2.24. The van der Waals surface area contributed by atoms with Gasteiger partial charge in [-0.3, -0.25) is 4.79 Å². The second-order valence-electron chi connectivity index (χ2n) is 6.76. The first-order valence-corrected chi connectivity index (χ1v) is 12.0. The Morgan fingerprint density at radius 3 is 2.25 bits per heavy atom. The molecule has 2 N–H and O–H groups in total. The van der Waals surface area contributed by atoms with E-state index in [9.17, 15) is 13.2 Å². The van der Waals surface area contributed by atoms with Crippen LogP contribution in [-0.2, 0) is 14.8 Å². The summed E-state index contributed by atoms with van der Waals surface area (Å²) in [4.78, 5) is 14.6. The van der Waals surface area contributed by atoms with E-state index < -0.39 is 22.0 Å². The van der Waals surface area contributed by atoms with Gasteiger partial charge in [0.1, 0.15) is 0 Å². The highest BCUT2D eigenvalue weighted by atomic mass is 32.2. The van der Waals surface area contributed by atoms with Crippen molar-refractivity contribution in [2.75, 3.05) is 19.5 Å². The molecule has 0 spiro atoms. The van der Waals surface area contributed by atoms with Gasteiger partial charge in [-0.15, -0.1) is 0 Å². The van der Waals surface area contributed by atoms with E-state index in [1.807, 2.05) is 48.5 Å². The van der Waals surface area contributed by atoms with E-state index in [1.54, 1.807) is 6.07 Å². The zero-order valence-corrected chi connectivity index (χ0v) is 19.5. The molecule has 0 radical (unpaired) electrons. The number of anilines is 1. The minimum atomic E-state index is -3.96. The van der Waals surface area contributed by atoms with Crippen LogP contribution in [0.25, 0.3) is 0 Å². The summed E-state index contributed by atoms with van der Waals surface area (Å²) in [5.41, 5.74) is 0.600. The maximum absolute atomic E-state index is 12.8. The van der Waals surface area contributed by atoms with Crippen molar-refractivity contribution in [3.63, 3.8) is 0 Å². The lowest BCUT2D eigenvalue weighted by molar-refractivity contribution is -0.117. The number of nitrogens with one attached hydrogen (secondary N) is 2. The third kappa shape index (κ3) is 5.82. The van der Waals surface area contributed by atoms with Crippen LogP contribution in [0.4, 0.5) is 5.69 Å². The van der Waals surface area contributed by atoms with Crippen molar-refractivity contribution in [2.45, 2.75) is 27.7 Å². The van der Waals surface area contributed by atoms with Crippen molar-refractivity contribution in [1.29, 1.82) is 0 Å². The Morgan fingerprint density at radius 2 is 1.56 bits per heavy atom. The molecule has 0 saturated heterocycles. The minimum absolute atomic E-state index is 0.0326. The van der Waals surface area contributed by atoms with Gasteiger partial charge in [0.15, 0.2) is 11.5 Å². The SMILES string of the molecule is COc1ccc(S(=O)(=O)N[C@@H](C)C(=O)Nc2ccccc2Sc2ccccc2)cc1OC. The zero-order valence-electron chi connectivity index (χ0n) is 17.9. The topological polar surface area (TPSA) is 93.7 Å². The highest BCUT2D eigenvalue weighted by Crippen LogP contribution is 2.33. The van der Waals surface area contributed by atoms with Gasteiger partial charge in [-0.1, -0.05) is 42.1 Å². The number of para-hydroxylation sites is 1. The molecule has 0 aliphatic rings. The van der Waals surface area contributed by atoms with Crippen LogP contribution in [0.15, 0.2) is 87.5 Å². The average Bonchev–Trinajstić information content (AvgIpc) is 2.80. The van der Waals surface area contributed by atoms with Gasteiger partial charge in [0.2, 0.25) is 15.9 Å². The lowest BCUT2D eigenvalue weighted by Crippen LogP contribution is -2.41. The number of amides is 1. The fourth-order valence-electron chi connectivity index (χ4n) is 2.85. The van der Waals surface area contributed by atoms with Crippen molar-refractivity contribution in [2.24, 2.45) is 0 Å². The molecule has 0 heterocycles. The van der Waals surface area contributed by atoms with E-state index in [2.05, 4.69) is 10.0 Å². The maximum atomic E-state index is 12.8. The van der Waals surface area contributed by atoms with Crippen LogP contribution in [-0.4, -0.2) is 34.6 Å². The number of rotatable bonds is 9. The molecule has 0 unspecified atom stereocenters. The van der Waals surface area contributed by atoms with Crippen molar-refractivity contribution in [1.82, 2.24) is 4.72 Å². The Hall–Kier alpha value is -3.01. The first-order valence-electron chi connectivity index (χ1n) is 9.71. The Balaban J connectivity index is 1.73. The minimum Gasteiger partial charge on any atom is -0.493 e. The zero-order chi connectivity index (χ0) is 23.1. The molecule has 7 nitrogen and oxygen atoms in total. The van der Waals surface area contributed by atoms with E-state index in [0.29, 0.717) is 11.4 Å². The van der Waals surface area contributed by atoms with Gasteiger partial charge in [0.05, 0.1) is 30.8 Å². The van der Waals surface area contributed by atoms with Crippen molar-refractivity contribution < 1.29 is 22.7 Å². The second-order valence-corrected chi connectivity index (χ2v) is 9.59. The molecule has 0 aliphatic carbocycles. The van der Waals surface area contributed by atoms with Gasteiger partial charge in [-0.25, -0.2) is 8.42 Å². The molecule has 0 fully saturated rings. The Bertz CT molecular complexity index is 1180. The lowest BCUT2D eigenvalue weighted by atomic mass is 10.3. The van der Waals surface area contributed by atoms with Crippen LogP contribution in [0.1, 0.15) is 6.92 Å². The predicted octanol–water partition coefficient (Wildman–Crippen LogP) is 4.16. The van der Waals surface area contributed by atoms with Gasteiger partial charge >= 0.3 is 0 Å². The summed E-state index contributed by atoms with van der Waals surface area (Å²) in [6.45, 7) is 1.49. The molecular formula is C23H24N2O5S2. The Kier molecular flexibility index (Phi) is 7.79. The number of carbonyl (C=O) groups is 1. The molecule has 3 aromatic carbocycles. The summed E-state index contributed by atoms with van der Waals surface area (Å²) in [7, 11) is -1.08. The number of hydrogen-bond acceptors (Lipinski definition) is 6. The summed E-state index contributed by atoms with van der Waals surface area (Å²) in [5, 5.41) is 2.81. The summed E-state index contributed by atoms with van der Waals surface area (Å²) in [5.74, 6) is 0.208. The number of sulfonamides is 1. The Morgan fingerprint density at radius 1 is 0.906 bits per heavy atom. The molecule has 0 saturated carbocycles. The quantitative estimate of drug-likeness (QED) is 0.486. The van der Waals surface area contributed by atoms with Crippen LogP contribution >= 0.6 is 11.8 Å². The maximum Gasteiger partial charge on any atom is 0.242 e. The number of ether oxygens (including phenoxy) is 2. The van der Waals surface area contributed by atoms with Gasteiger partial charge < -0.3 is 14.8 Å². The first kappa shape index (κ1) is 23.6. The van der Waals surface area contributed by atoms with Crippen LogP contribution < -0.4 is 19.5 Å². The molecular weight excluding hydrogens is 448 g/mol. The third-order valence-corrected chi connectivity index (χ3v) is 7.13. The lowest BCUT2D eigenvalue weighted by Gasteiger charge is -2.17. The predicted molar refractivity (Wildman–Crippen MR) is 125 cm³/mol. The molecule has 9 heteroatoms. The molecule has 1 amide bonds. The number of hydrogen-bond donors (Lipinski definition) is 2. The van der Waals surface area contributed by atoms with E-state index >= 15 is 0 Å². The molecule has 0 bridgehead atoms. The monoisotopic (exact) mass is 472 g/mol. The summed E-state index contributed by atoms with van der Waals surface area (Å²) in [6.07, 6.45) is 0. The van der Waals surface area contributed by atoms with Gasteiger partial charge in [-0.05, 0) is 43.3 Å². The van der Waals surface area contributed by atoms with E-state index in [-0.39, 0.29) is 10.6 Å². The van der Waals surface area contributed by atoms with E-state index in [0.717, 1.165) is 9.79 Å². The van der Waals surface area contributed by atoms with Crippen LogP contribution in [0.3, 0.4) is 0 Å². The molecule has 0 aromatic heterocycles. The van der Waals surface area contributed by atoms with Crippen molar-refractivity contribution in [3.05, 3.63) is 72.8 Å². The van der Waals surface area contributed by atoms with Gasteiger partial charge in [0.25, 0.3) is 0 Å². The first-order chi connectivity index (χ1) is 15.3. The second kappa shape index (κ2) is 10.5. The third-order valence-electron chi connectivity index (χ3n) is 4.51. The van der Waals surface area contributed by atoms with Crippen LogP contribution in [0.2, 0.25) is 0 Å². The van der Waals surface area contributed by atoms with Crippen LogP contribution in [0, 0.1) is 0 Å². The van der Waals surface area contributed by atoms with Gasteiger partial charge in [-0.2, -0.15) is 4.72 Å². The molecule has 168 valence electrons. The van der Waals surface area contributed by atoms with E-state index in [4.69, 9.17) is 9.47 Å². The molecule has 1 atom stereocenters. The summed E-state index contributed by atoms with van der Waals surface area (Å²) in [6, 6.07) is 20.3. The number of methoxy groups -OCH3 is 2. The van der Waals surface area contributed by atoms with Crippen molar-refractivity contribution >= 4 is 33.4 Å². The smallest absolute Gasteiger partial charge is 0.242 e. The average molecular weight is 473 g/mol. The fourth-order valence-corrected chi connectivity index (χ4v) is 4.99. The normalized spacial score (nSPS) is 12.1. The Labute approximate surface area is 192 Å². The number of carbonyl (C=O) groups excluding carboxylic acids is 1. The molecule has 32 heavy (non-hydrogen) atoms. The molecule has 3 rings (SSSR count). The highest BCUT2D eigenvalue weighted by molar-refractivity contribution is 7.99. The van der Waals surface area contributed by atoms with Crippen molar-refractivity contribution in [3.8, 4) is 11.5 Å².